The number of hydrogen-bond acceptors (Lipinski definition) is 3. The van der Waals surface area contributed by atoms with Gasteiger partial charge in [0.15, 0.2) is 0 Å². The van der Waals surface area contributed by atoms with Crippen molar-refractivity contribution in [3.63, 3.8) is 0 Å². The maximum absolute atomic E-state index is 8.00. The molecule has 0 aliphatic rings. The van der Waals surface area contributed by atoms with Gasteiger partial charge in [0.25, 0.3) is 0 Å². The summed E-state index contributed by atoms with van der Waals surface area (Å²) >= 11 is 0. The van der Waals surface area contributed by atoms with Crippen LogP contribution in [-0.2, 0) is 0 Å². The highest BCUT2D eigenvalue weighted by Gasteiger charge is 1.85. The van der Waals surface area contributed by atoms with Gasteiger partial charge in [-0.05, 0) is 6.54 Å². The van der Waals surface area contributed by atoms with E-state index in [1.165, 1.54) is 0 Å². The number of hydrogen-bond donors (Lipinski definition) is 3. The molecule has 3 nitrogen and oxygen atoms in total. The van der Waals surface area contributed by atoms with E-state index in [9.17, 15) is 0 Å². The minimum absolute atomic E-state index is 0.581. The Morgan fingerprint density at radius 2 is 2.17 bits per heavy atom. The lowest BCUT2D eigenvalue weighted by Crippen LogP contribution is -2.27. The van der Waals surface area contributed by atoms with Crippen LogP contribution in [0.25, 0.3) is 0 Å². The molecule has 0 aromatic carbocycles. The monoisotopic (exact) mass is 91.1 g/mol. The number of nitrogens with one attached hydrogen (secondary N) is 1. The van der Waals surface area contributed by atoms with E-state index in [4.69, 9.17) is 10.2 Å². The Balaban J connectivity index is 2.63. The highest BCUT2D eigenvalue weighted by molar-refractivity contribution is 4.27. The highest BCUT2D eigenvalue weighted by Crippen LogP contribution is 1.59. The Labute approximate surface area is 36.6 Å². The average molecular weight is 91.1 g/mol. The molecular weight excluding hydrogens is 82.0 g/mol. The molecule has 38 valence electrons. The van der Waals surface area contributed by atoms with Crippen LogP contribution < -0.4 is 5.32 Å². The molecule has 0 aliphatic heterocycles. The van der Waals surface area contributed by atoms with Gasteiger partial charge in [0.05, 0.1) is 0 Å². The molecule has 0 aromatic heterocycles. The Morgan fingerprint density at radius 1 is 1.67 bits per heavy atom. The fraction of sp³-hybridized carbons (Fsp3) is 1.00. The van der Waals surface area contributed by atoms with E-state index < -0.39 is 6.41 Å². The summed E-state index contributed by atoms with van der Waals surface area (Å²) in [4.78, 5) is 0. The minimum Gasteiger partial charge on any atom is -0.356 e. The lowest BCUT2D eigenvalue weighted by molar-refractivity contribution is -0.0642. The third-order valence-corrected chi connectivity index (χ3v) is 0.387. The van der Waals surface area contributed by atoms with E-state index >= 15 is 0 Å². The third-order valence-electron chi connectivity index (χ3n) is 0.387. The van der Waals surface area contributed by atoms with Crippen LogP contribution in [0.15, 0.2) is 0 Å². The van der Waals surface area contributed by atoms with Crippen LogP contribution in [0.4, 0.5) is 0 Å². The van der Waals surface area contributed by atoms with Gasteiger partial charge in [-0.15, -0.1) is 0 Å². The van der Waals surface area contributed by atoms with Gasteiger partial charge in [0, 0.05) is 0 Å². The Morgan fingerprint density at radius 3 is 2.17 bits per heavy atom. The lowest BCUT2D eigenvalue weighted by Gasteiger charge is -1.98. The zero-order valence-corrected chi connectivity index (χ0v) is 3.68. The molecule has 0 spiro atoms. The molecule has 0 heterocycles. The van der Waals surface area contributed by atoms with Crippen molar-refractivity contribution in [3.8, 4) is 0 Å². The van der Waals surface area contributed by atoms with Gasteiger partial charge in [-0.3, -0.25) is 5.32 Å². The zero-order valence-electron chi connectivity index (χ0n) is 3.68. The number of aliphatic hydroxyl groups is 2. The van der Waals surface area contributed by atoms with Crippen molar-refractivity contribution in [2.24, 2.45) is 0 Å². The van der Waals surface area contributed by atoms with Crippen LogP contribution in [0.1, 0.15) is 6.92 Å². The molecule has 0 saturated carbocycles. The normalized spacial score (nSPS) is 10.0. The topological polar surface area (TPSA) is 52.5 Å². The van der Waals surface area contributed by atoms with Crippen molar-refractivity contribution in [3.05, 3.63) is 0 Å². The van der Waals surface area contributed by atoms with Crippen molar-refractivity contribution in [1.82, 2.24) is 5.32 Å². The first kappa shape index (κ1) is 5.88. The predicted molar refractivity (Wildman–Crippen MR) is 21.9 cm³/mol. The molecule has 0 aliphatic carbocycles. The summed E-state index contributed by atoms with van der Waals surface area (Å²) in [7, 11) is 0. The summed E-state index contributed by atoms with van der Waals surface area (Å²) < 4.78 is 0. The Bertz CT molecular complexity index is 30.0. The maximum atomic E-state index is 8.00. The smallest absolute Gasteiger partial charge is 0.210 e. The van der Waals surface area contributed by atoms with Crippen molar-refractivity contribution in [2.45, 2.75) is 13.3 Å². The molecule has 0 fully saturated rings. The number of aliphatic hydroxyl groups excluding tert-OH is 1. The quantitative estimate of drug-likeness (QED) is 0.377. The minimum atomic E-state index is -1.35. The molecule has 3 heteroatoms. The molecule has 0 atom stereocenters. The third kappa shape index (κ3) is 3.88. The van der Waals surface area contributed by atoms with E-state index in [1.54, 1.807) is 6.92 Å². The fourth-order valence-corrected chi connectivity index (χ4v) is 0.183. The van der Waals surface area contributed by atoms with Gasteiger partial charge in [-0.1, -0.05) is 6.92 Å². The van der Waals surface area contributed by atoms with Crippen LogP contribution in [0.3, 0.4) is 0 Å². The first-order chi connectivity index (χ1) is 2.77. The van der Waals surface area contributed by atoms with Crippen molar-refractivity contribution in [1.29, 1.82) is 0 Å². The van der Waals surface area contributed by atoms with Crippen LogP contribution in [-0.4, -0.2) is 23.2 Å². The maximum Gasteiger partial charge on any atom is 0.210 e. The first-order valence-corrected chi connectivity index (χ1v) is 1.87. The van der Waals surface area contributed by atoms with Gasteiger partial charge in [0.1, 0.15) is 0 Å². The second-order valence-electron chi connectivity index (χ2n) is 0.931. The van der Waals surface area contributed by atoms with Gasteiger partial charge < -0.3 is 10.2 Å². The molecule has 0 unspecified atom stereocenters. The van der Waals surface area contributed by atoms with E-state index in [0.717, 1.165) is 0 Å². The molecule has 3 N–H and O–H groups in total. The summed E-state index contributed by atoms with van der Waals surface area (Å²) in [5, 5.41) is 18.3. The van der Waals surface area contributed by atoms with Crippen molar-refractivity contribution in [2.75, 3.05) is 6.54 Å². The Hall–Kier alpha value is -0.120. The second kappa shape index (κ2) is 3.08. The van der Waals surface area contributed by atoms with Gasteiger partial charge in [0.2, 0.25) is 6.41 Å². The molecule has 0 bridgehead atoms. The van der Waals surface area contributed by atoms with E-state index in [0.29, 0.717) is 6.54 Å². The van der Waals surface area contributed by atoms with E-state index in [2.05, 4.69) is 5.32 Å². The summed E-state index contributed by atoms with van der Waals surface area (Å²) in [6.07, 6.45) is -1.35. The fourth-order valence-electron chi connectivity index (χ4n) is 0.183. The SMILES string of the molecule is CCNC(O)O. The zero-order chi connectivity index (χ0) is 4.99. The largest absolute Gasteiger partial charge is 0.356 e. The van der Waals surface area contributed by atoms with E-state index in [-0.39, 0.29) is 0 Å². The van der Waals surface area contributed by atoms with Crippen LogP contribution >= 0.6 is 0 Å². The Kier molecular flexibility index (Phi) is 3.02. The summed E-state index contributed by atoms with van der Waals surface area (Å²) in [5.74, 6) is 0. The molecule has 0 saturated heterocycles. The molecular formula is C3H9NO2. The average Bonchev–Trinajstić information content (AvgIpc) is 1.35. The van der Waals surface area contributed by atoms with Gasteiger partial charge in [-0.25, -0.2) is 0 Å². The van der Waals surface area contributed by atoms with E-state index in [1.807, 2.05) is 0 Å². The molecule has 0 amide bonds. The second-order valence-corrected chi connectivity index (χ2v) is 0.931. The van der Waals surface area contributed by atoms with Crippen LogP contribution in [0.5, 0.6) is 0 Å². The van der Waals surface area contributed by atoms with Crippen LogP contribution in [0, 0.1) is 0 Å². The van der Waals surface area contributed by atoms with Gasteiger partial charge in [-0.2, -0.15) is 0 Å². The van der Waals surface area contributed by atoms with Gasteiger partial charge >= 0.3 is 0 Å². The highest BCUT2D eigenvalue weighted by atomic mass is 16.5. The standard InChI is InChI=1S/C3H9NO2/c1-2-4-3(5)6/h3-6H,2H2,1H3. The molecule has 0 rings (SSSR count). The predicted octanol–water partition coefficient (Wildman–Crippen LogP) is -1.14. The number of rotatable bonds is 2. The van der Waals surface area contributed by atoms with Crippen molar-refractivity contribution < 1.29 is 10.2 Å². The summed E-state index contributed by atoms with van der Waals surface area (Å²) in [6, 6.07) is 0. The molecule has 0 radical (unpaired) electrons. The lowest BCUT2D eigenvalue weighted by atomic mass is 10.7. The molecule has 0 aromatic rings. The first-order valence-electron chi connectivity index (χ1n) is 1.87. The molecule has 6 heavy (non-hydrogen) atoms. The van der Waals surface area contributed by atoms with Crippen molar-refractivity contribution >= 4 is 0 Å². The summed E-state index contributed by atoms with van der Waals surface area (Å²) in [5.41, 5.74) is 0. The summed E-state index contributed by atoms with van der Waals surface area (Å²) in [6.45, 7) is 2.37. The van der Waals surface area contributed by atoms with Crippen LogP contribution in [0.2, 0.25) is 0 Å².